The second-order valence-electron chi connectivity index (χ2n) is 4.63. The Balaban J connectivity index is 1.70. The van der Waals surface area contributed by atoms with Crippen molar-refractivity contribution in [2.24, 2.45) is 0 Å². The normalized spacial score (nSPS) is 10.7. The lowest BCUT2D eigenvalue weighted by Crippen LogP contribution is -2.15. The third-order valence-electron chi connectivity index (χ3n) is 3.18. The number of halogens is 1. The molecule has 0 atom stereocenters. The number of hydrogen-bond donors (Lipinski definition) is 1. The summed E-state index contributed by atoms with van der Waals surface area (Å²) in [4.78, 5) is 4.40. The quantitative estimate of drug-likeness (QED) is 0.786. The van der Waals surface area contributed by atoms with Crippen LogP contribution < -0.4 is 5.32 Å². The van der Waals surface area contributed by atoms with Crippen molar-refractivity contribution in [3.8, 4) is 5.82 Å². The van der Waals surface area contributed by atoms with Gasteiger partial charge in [-0.2, -0.15) is 5.10 Å². The summed E-state index contributed by atoms with van der Waals surface area (Å²) in [6.07, 6.45) is 5.41. The molecule has 0 saturated carbocycles. The van der Waals surface area contributed by atoms with Gasteiger partial charge in [-0.15, -0.1) is 0 Å². The molecule has 4 nitrogen and oxygen atoms in total. The topological polar surface area (TPSA) is 42.7 Å². The lowest BCUT2D eigenvalue weighted by Gasteiger charge is -2.10. The second-order valence-corrected chi connectivity index (χ2v) is 5.04. The molecule has 0 radical (unpaired) electrons. The molecule has 2 aromatic heterocycles. The fourth-order valence-electron chi connectivity index (χ4n) is 2.14. The van der Waals surface area contributed by atoms with E-state index in [1.54, 1.807) is 17.1 Å². The van der Waals surface area contributed by atoms with Crippen LogP contribution in [0.3, 0.4) is 0 Å². The van der Waals surface area contributed by atoms with E-state index in [4.69, 9.17) is 11.6 Å². The first kappa shape index (κ1) is 13.8. The molecule has 0 amide bonds. The molecule has 0 aliphatic heterocycles. The molecule has 0 fully saturated rings. The molecule has 3 rings (SSSR count). The first-order chi connectivity index (χ1) is 10.3. The molecule has 2 heterocycles. The fraction of sp³-hybridized carbons (Fsp3) is 0.125. The number of benzene rings is 1. The fourth-order valence-corrected chi connectivity index (χ4v) is 2.34. The summed E-state index contributed by atoms with van der Waals surface area (Å²) < 4.78 is 1.77. The van der Waals surface area contributed by atoms with Crippen molar-refractivity contribution in [2.45, 2.75) is 13.1 Å². The van der Waals surface area contributed by atoms with Gasteiger partial charge in [-0.3, -0.25) is 0 Å². The second kappa shape index (κ2) is 6.52. The minimum absolute atomic E-state index is 0.703. The molecule has 0 aliphatic carbocycles. The van der Waals surface area contributed by atoms with E-state index in [2.05, 4.69) is 15.4 Å². The summed E-state index contributed by atoms with van der Waals surface area (Å²) in [5, 5.41) is 8.41. The maximum Gasteiger partial charge on any atom is 0.157 e. The zero-order valence-corrected chi connectivity index (χ0v) is 12.2. The highest BCUT2D eigenvalue weighted by Crippen LogP contribution is 2.15. The van der Waals surface area contributed by atoms with E-state index in [1.165, 1.54) is 0 Å². The summed E-state index contributed by atoms with van der Waals surface area (Å²) in [6.45, 7) is 1.42. The maximum absolute atomic E-state index is 6.15. The first-order valence-corrected chi connectivity index (χ1v) is 7.10. The minimum atomic E-state index is 0.703. The highest BCUT2D eigenvalue weighted by atomic mass is 35.5. The van der Waals surface area contributed by atoms with Crippen molar-refractivity contribution in [3.05, 3.63) is 77.2 Å². The van der Waals surface area contributed by atoms with E-state index in [0.717, 1.165) is 22.0 Å². The summed E-state index contributed by atoms with van der Waals surface area (Å²) in [7, 11) is 0. The van der Waals surface area contributed by atoms with Crippen LogP contribution in [0.1, 0.15) is 11.1 Å². The Kier molecular flexibility index (Phi) is 4.28. The summed E-state index contributed by atoms with van der Waals surface area (Å²) in [5.41, 5.74) is 2.18. The SMILES string of the molecule is Clc1ccccc1CNCc1cccnc1-n1cccn1. The lowest BCUT2D eigenvalue weighted by molar-refractivity contribution is 0.681. The Labute approximate surface area is 128 Å². The Morgan fingerprint density at radius 2 is 1.76 bits per heavy atom. The predicted octanol–water partition coefficient (Wildman–Crippen LogP) is 3.21. The van der Waals surface area contributed by atoms with Crippen molar-refractivity contribution in [3.63, 3.8) is 0 Å². The van der Waals surface area contributed by atoms with Crippen LogP contribution in [0, 0.1) is 0 Å². The van der Waals surface area contributed by atoms with Crippen LogP contribution in [-0.2, 0) is 13.1 Å². The standard InChI is InChI=1S/C16H15ClN4/c17-15-7-2-1-5-13(15)11-18-12-14-6-3-8-19-16(14)21-10-4-9-20-21/h1-10,18H,11-12H2. The zero-order valence-electron chi connectivity index (χ0n) is 11.4. The van der Waals surface area contributed by atoms with Gasteiger partial charge in [0.1, 0.15) is 0 Å². The lowest BCUT2D eigenvalue weighted by atomic mass is 10.2. The van der Waals surface area contributed by atoms with Gasteiger partial charge in [0.05, 0.1) is 0 Å². The van der Waals surface area contributed by atoms with Gasteiger partial charge < -0.3 is 5.32 Å². The minimum Gasteiger partial charge on any atom is -0.308 e. The van der Waals surface area contributed by atoms with Crippen molar-refractivity contribution in [1.82, 2.24) is 20.1 Å². The number of pyridine rings is 1. The van der Waals surface area contributed by atoms with Gasteiger partial charge >= 0.3 is 0 Å². The molecule has 3 aromatic rings. The molecule has 0 bridgehead atoms. The van der Waals surface area contributed by atoms with E-state index in [9.17, 15) is 0 Å². The van der Waals surface area contributed by atoms with Crippen molar-refractivity contribution in [1.29, 1.82) is 0 Å². The van der Waals surface area contributed by atoms with E-state index in [-0.39, 0.29) is 0 Å². The molecule has 106 valence electrons. The van der Waals surface area contributed by atoms with Crippen LogP contribution in [0.25, 0.3) is 5.82 Å². The maximum atomic E-state index is 6.15. The van der Waals surface area contributed by atoms with Gasteiger partial charge in [0.15, 0.2) is 5.82 Å². The molecule has 0 aliphatic rings. The number of rotatable bonds is 5. The molecule has 1 N–H and O–H groups in total. The van der Waals surface area contributed by atoms with Crippen LogP contribution in [0.5, 0.6) is 0 Å². The van der Waals surface area contributed by atoms with Crippen molar-refractivity contribution in [2.75, 3.05) is 0 Å². The molecule has 0 unspecified atom stereocenters. The van der Waals surface area contributed by atoms with Gasteiger partial charge in [-0.05, 0) is 23.8 Å². The first-order valence-electron chi connectivity index (χ1n) is 6.72. The van der Waals surface area contributed by atoms with Gasteiger partial charge in [-0.1, -0.05) is 35.9 Å². The third-order valence-corrected chi connectivity index (χ3v) is 3.55. The van der Waals surface area contributed by atoms with Crippen molar-refractivity contribution < 1.29 is 0 Å². The van der Waals surface area contributed by atoms with Crippen LogP contribution in [-0.4, -0.2) is 14.8 Å². The Morgan fingerprint density at radius 3 is 2.57 bits per heavy atom. The summed E-state index contributed by atoms with van der Waals surface area (Å²) in [5.74, 6) is 0.842. The Bertz CT molecular complexity index is 710. The molecule has 21 heavy (non-hydrogen) atoms. The molecular weight excluding hydrogens is 284 g/mol. The van der Waals surface area contributed by atoms with E-state index < -0.39 is 0 Å². The van der Waals surface area contributed by atoms with Gasteiger partial charge in [0.25, 0.3) is 0 Å². The summed E-state index contributed by atoms with van der Waals surface area (Å²) in [6, 6.07) is 13.7. The molecule has 5 heteroatoms. The highest BCUT2D eigenvalue weighted by Gasteiger charge is 2.06. The largest absolute Gasteiger partial charge is 0.308 e. The van der Waals surface area contributed by atoms with Crippen molar-refractivity contribution >= 4 is 11.6 Å². The monoisotopic (exact) mass is 298 g/mol. The summed E-state index contributed by atoms with van der Waals surface area (Å²) >= 11 is 6.15. The number of aromatic nitrogens is 3. The number of hydrogen-bond acceptors (Lipinski definition) is 3. The Hall–Kier alpha value is -2.17. The predicted molar refractivity (Wildman–Crippen MR) is 83.4 cm³/mol. The molecule has 0 spiro atoms. The van der Waals surface area contributed by atoms with Crippen LogP contribution >= 0.6 is 11.6 Å². The van der Waals surface area contributed by atoms with Crippen LogP contribution in [0.2, 0.25) is 5.02 Å². The van der Waals surface area contributed by atoms with E-state index in [0.29, 0.717) is 13.1 Å². The van der Waals surface area contributed by atoms with Gasteiger partial charge in [-0.25, -0.2) is 9.67 Å². The van der Waals surface area contributed by atoms with Gasteiger partial charge in [0.2, 0.25) is 0 Å². The zero-order chi connectivity index (χ0) is 14.5. The van der Waals surface area contributed by atoms with Gasteiger partial charge in [0, 0.05) is 42.3 Å². The molecule has 0 saturated heterocycles. The molecule has 1 aromatic carbocycles. The van der Waals surface area contributed by atoms with Crippen LogP contribution in [0.15, 0.2) is 61.1 Å². The molecular formula is C16H15ClN4. The average Bonchev–Trinajstić information content (AvgIpc) is 3.04. The number of nitrogens with zero attached hydrogens (tertiary/aromatic N) is 3. The number of nitrogens with one attached hydrogen (secondary N) is 1. The highest BCUT2D eigenvalue weighted by molar-refractivity contribution is 6.31. The van der Waals surface area contributed by atoms with E-state index in [1.807, 2.05) is 48.7 Å². The Morgan fingerprint density at radius 1 is 0.952 bits per heavy atom. The average molecular weight is 299 g/mol. The van der Waals surface area contributed by atoms with E-state index >= 15 is 0 Å². The smallest absolute Gasteiger partial charge is 0.157 e. The van der Waals surface area contributed by atoms with Crippen LogP contribution in [0.4, 0.5) is 0 Å². The third kappa shape index (κ3) is 3.29.